The second-order valence-electron chi connectivity index (χ2n) is 4.30. The van der Waals surface area contributed by atoms with E-state index in [2.05, 4.69) is 0 Å². The Morgan fingerprint density at radius 1 is 1.22 bits per heavy atom. The minimum atomic E-state index is -5.64. The van der Waals surface area contributed by atoms with Crippen molar-refractivity contribution in [3.63, 3.8) is 0 Å². The smallest absolute Gasteiger partial charge is 0.334 e. The molecule has 8 heteroatoms. The van der Waals surface area contributed by atoms with Crippen molar-refractivity contribution in [2.24, 2.45) is 0 Å². The van der Waals surface area contributed by atoms with E-state index in [1.54, 1.807) is 0 Å². The van der Waals surface area contributed by atoms with Gasteiger partial charge in [-0.25, -0.2) is 13.2 Å². The van der Waals surface area contributed by atoms with Crippen molar-refractivity contribution >= 4 is 5.91 Å². The fraction of sp³-hybridized carbons (Fsp3) is 0.900. The average molecular weight is 277 g/mol. The normalized spacial score (nSPS) is 23.9. The molecule has 0 aromatic heterocycles. The molecule has 0 aromatic carbocycles. The monoisotopic (exact) mass is 277 g/mol. The van der Waals surface area contributed by atoms with Gasteiger partial charge in [0.25, 0.3) is 6.17 Å². The van der Waals surface area contributed by atoms with E-state index in [4.69, 9.17) is 0 Å². The van der Waals surface area contributed by atoms with Crippen molar-refractivity contribution in [3.8, 4) is 0 Å². The Labute approximate surface area is 99.9 Å². The summed E-state index contributed by atoms with van der Waals surface area (Å²) in [5.74, 6) is -5.39. The third-order valence-corrected chi connectivity index (χ3v) is 2.98. The van der Waals surface area contributed by atoms with Crippen molar-refractivity contribution in [1.29, 1.82) is 0 Å². The van der Waals surface area contributed by atoms with Crippen molar-refractivity contribution in [1.82, 2.24) is 4.90 Å². The van der Waals surface area contributed by atoms with E-state index in [0.717, 1.165) is 6.92 Å². The Morgan fingerprint density at radius 2 is 1.78 bits per heavy atom. The maximum Gasteiger partial charge on any atom is 0.425 e. The van der Waals surface area contributed by atoms with Crippen LogP contribution in [-0.2, 0) is 4.79 Å². The Kier molecular flexibility index (Phi) is 4.17. The summed E-state index contributed by atoms with van der Waals surface area (Å²) in [6.07, 6.45) is -9.55. The van der Waals surface area contributed by atoms with E-state index in [9.17, 15) is 31.1 Å². The van der Waals surface area contributed by atoms with Crippen LogP contribution in [0.5, 0.6) is 0 Å². The van der Waals surface area contributed by atoms with Gasteiger partial charge >= 0.3 is 12.1 Å². The van der Waals surface area contributed by atoms with E-state index in [1.165, 1.54) is 0 Å². The Balaban J connectivity index is 2.97. The van der Waals surface area contributed by atoms with Gasteiger partial charge < -0.3 is 4.90 Å². The molecule has 106 valence electrons. The first kappa shape index (κ1) is 15.1. The molecule has 1 heterocycles. The van der Waals surface area contributed by atoms with Crippen LogP contribution in [0.4, 0.5) is 26.3 Å². The molecule has 0 bridgehead atoms. The third-order valence-electron chi connectivity index (χ3n) is 2.98. The van der Waals surface area contributed by atoms with Crippen LogP contribution < -0.4 is 0 Å². The maximum absolute atomic E-state index is 13.5. The molecule has 0 radical (unpaired) electrons. The fourth-order valence-corrected chi connectivity index (χ4v) is 2.10. The lowest BCUT2D eigenvalue weighted by Gasteiger charge is -2.40. The first-order chi connectivity index (χ1) is 8.08. The zero-order valence-electron chi connectivity index (χ0n) is 9.61. The van der Waals surface area contributed by atoms with Gasteiger partial charge in [0.1, 0.15) is 0 Å². The van der Waals surface area contributed by atoms with Gasteiger partial charge in [-0.15, -0.1) is 0 Å². The average Bonchev–Trinajstić information content (AvgIpc) is 2.26. The molecule has 2 unspecified atom stereocenters. The lowest BCUT2D eigenvalue weighted by atomic mass is 9.93. The topological polar surface area (TPSA) is 20.3 Å². The standard InChI is InChI=1S/C10H13F6NO/c1-6(18)17-5-3-2-4-7(17)9(12,13)8(11)10(14,15)16/h7-8H,2-5H2,1H3. The predicted octanol–water partition coefficient (Wildman–Crippen LogP) is 2.92. The minimum absolute atomic E-state index is 0.0693. The predicted molar refractivity (Wildman–Crippen MR) is 50.9 cm³/mol. The number of piperidine rings is 1. The molecule has 1 saturated heterocycles. The molecule has 1 amide bonds. The van der Waals surface area contributed by atoms with Gasteiger partial charge in [0, 0.05) is 13.5 Å². The number of halogens is 6. The molecule has 2 atom stereocenters. The zero-order valence-corrected chi connectivity index (χ0v) is 9.61. The minimum Gasteiger partial charge on any atom is -0.334 e. The molecule has 1 rings (SSSR count). The number of carbonyl (C=O) groups excluding carboxylic acids is 1. The highest BCUT2D eigenvalue weighted by molar-refractivity contribution is 5.73. The number of hydrogen-bond donors (Lipinski definition) is 0. The first-order valence-electron chi connectivity index (χ1n) is 5.44. The molecule has 1 fully saturated rings. The number of amides is 1. The van der Waals surface area contributed by atoms with E-state index < -0.39 is 30.2 Å². The largest absolute Gasteiger partial charge is 0.425 e. The second-order valence-corrected chi connectivity index (χ2v) is 4.30. The Hall–Kier alpha value is -0.950. The Bertz CT molecular complexity index is 316. The van der Waals surface area contributed by atoms with Crippen molar-refractivity contribution in [3.05, 3.63) is 0 Å². The summed E-state index contributed by atoms with van der Waals surface area (Å²) >= 11 is 0. The van der Waals surface area contributed by atoms with Gasteiger partial charge in [0.2, 0.25) is 5.91 Å². The lowest BCUT2D eigenvalue weighted by Crippen LogP contribution is -2.59. The molecule has 0 aromatic rings. The number of rotatable bonds is 2. The summed E-state index contributed by atoms with van der Waals surface area (Å²) in [5, 5.41) is 0. The zero-order chi connectivity index (χ0) is 14.1. The number of nitrogens with zero attached hydrogens (tertiary/aromatic N) is 1. The maximum atomic E-state index is 13.5. The third kappa shape index (κ3) is 2.89. The highest BCUT2D eigenvalue weighted by atomic mass is 19.4. The van der Waals surface area contributed by atoms with Gasteiger partial charge in [-0.2, -0.15) is 13.2 Å². The van der Waals surface area contributed by atoms with E-state index in [1.807, 2.05) is 0 Å². The summed E-state index contributed by atoms with van der Waals surface area (Å²) in [4.78, 5) is 11.7. The summed E-state index contributed by atoms with van der Waals surface area (Å²) in [7, 11) is 0. The summed E-state index contributed by atoms with van der Waals surface area (Å²) < 4.78 is 76.1. The van der Waals surface area contributed by atoms with Crippen LogP contribution in [-0.4, -0.2) is 41.7 Å². The van der Waals surface area contributed by atoms with Crippen LogP contribution >= 0.6 is 0 Å². The number of alkyl halides is 6. The molecular weight excluding hydrogens is 264 g/mol. The van der Waals surface area contributed by atoms with Crippen LogP contribution in [0.2, 0.25) is 0 Å². The van der Waals surface area contributed by atoms with Crippen LogP contribution in [0.25, 0.3) is 0 Å². The van der Waals surface area contributed by atoms with E-state index in [0.29, 0.717) is 11.3 Å². The van der Waals surface area contributed by atoms with E-state index in [-0.39, 0.29) is 19.4 Å². The quantitative estimate of drug-likeness (QED) is 0.711. The van der Waals surface area contributed by atoms with Gasteiger partial charge in [-0.05, 0) is 19.3 Å². The molecule has 0 aliphatic carbocycles. The van der Waals surface area contributed by atoms with Crippen LogP contribution in [0.3, 0.4) is 0 Å². The van der Waals surface area contributed by atoms with Gasteiger partial charge in [-0.1, -0.05) is 0 Å². The molecular formula is C10H13F6NO. The van der Waals surface area contributed by atoms with Crippen molar-refractivity contribution in [2.45, 2.75) is 50.5 Å². The number of likely N-dealkylation sites (tertiary alicyclic amines) is 1. The van der Waals surface area contributed by atoms with Crippen LogP contribution in [0, 0.1) is 0 Å². The van der Waals surface area contributed by atoms with Gasteiger partial charge in [-0.3, -0.25) is 4.79 Å². The highest BCUT2D eigenvalue weighted by Gasteiger charge is 2.62. The molecule has 1 aliphatic heterocycles. The highest BCUT2D eigenvalue weighted by Crippen LogP contribution is 2.41. The van der Waals surface area contributed by atoms with Crippen molar-refractivity contribution in [2.75, 3.05) is 6.54 Å². The van der Waals surface area contributed by atoms with Gasteiger partial charge in [0.15, 0.2) is 0 Å². The molecule has 2 nitrogen and oxygen atoms in total. The molecule has 0 saturated carbocycles. The molecule has 1 aliphatic rings. The molecule has 18 heavy (non-hydrogen) atoms. The first-order valence-corrected chi connectivity index (χ1v) is 5.44. The molecule has 0 N–H and O–H groups in total. The summed E-state index contributed by atoms with van der Waals surface area (Å²) in [6, 6.07) is -2.03. The second kappa shape index (κ2) is 4.97. The van der Waals surface area contributed by atoms with E-state index >= 15 is 0 Å². The Morgan fingerprint density at radius 3 is 2.22 bits per heavy atom. The van der Waals surface area contributed by atoms with Crippen molar-refractivity contribution < 1.29 is 31.1 Å². The summed E-state index contributed by atoms with van der Waals surface area (Å²) in [6.45, 7) is 0.912. The number of hydrogen-bond acceptors (Lipinski definition) is 1. The summed E-state index contributed by atoms with van der Waals surface area (Å²) in [5.41, 5.74) is 0. The van der Waals surface area contributed by atoms with Crippen LogP contribution in [0.15, 0.2) is 0 Å². The number of carbonyl (C=O) groups is 1. The van der Waals surface area contributed by atoms with Gasteiger partial charge in [0.05, 0.1) is 6.04 Å². The SMILES string of the molecule is CC(=O)N1CCCCC1C(F)(F)C(F)C(F)(F)F. The fourth-order valence-electron chi connectivity index (χ4n) is 2.10. The van der Waals surface area contributed by atoms with Crippen LogP contribution in [0.1, 0.15) is 26.2 Å². The molecule has 0 spiro atoms. The lowest BCUT2D eigenvalue weighted by molar-refractivity contribution is -0.261.